The highest BCUT2D eigenvalue weighted by Gasteiger charge is 2.41. The van der Waals surface area contributed by atoms with Crippen LogP contribution in [0.3, 0.4) is 0 Å². The first kappa shape index (κ1) is 18.2. The standard InChI is InChI=1S/C20H22O6/c1-12-20(25-14(3)22)18(24-13(2)21)11-19(23-12)26-17-9-8-15-6-4-5-7-16(15)10-17/h4-10,12,18-20H,11H2,1-3H3/t12-,18-,19+,20-/m1/s1. The Kier molecular flexibility index (Phi) is 5.42. The second-order valence-corrected chi connectivity index (χ2v) is 6.36. The van der Waals surface area contributed by atoms with Crippen molar-refractivity contribution in [3.8, 4) is 5.75 Å². The molecule has 6 heteroatoms. The predicted molar refractivity (Wildman–Crippen MR) is 94.6 cm³/mol. The minimum atomic E-state index is -0.659. The van der Waals surface area contributed by atoms with Crippen LogP contribution >= 0.6 is 0 Å². The van der Waals surface area contributed by atoms with Gasteiger partial charge < -0.3 is 18.9 Å². The van der Waals surface area contributed by atoms with Gasteiger partial charge in [-0.25, -0.2) is 0 Å². The number of carbonyl (C=O) groups excluding carboxylic acids is 2. The van der Waals surface area contributed by atoms with E-state index >= 15 is 0 Å². The lowest BCUT2D eigenvalue weighted by Gasteiger charge is -2.38. The van der Waals surface area contributed by atoms with Crippen molar-refractivity contribution in [3.05, 3.63) is 42.5 Å². The first-order valence-corrected chi connectivity index (χ1v) is 8.58. The van der Waals surface area contributed by atoms with Crippen LogP contribution in [0.15, 0.2) is 42.5 Å². The van der Waals surface area contributed by atoms with Crippen molar-refractivity contribution in [2.24, 2.45) is 0 Å². The number of esters is 2. The van der Waals surface area contributed by atoms with Gasteiger partial charge in [-0.1, -0.05) is 30.3 Å². The molecule has 0 bridgehead atoms. The van der Waals surface area contributed by atoms with Gasteiger partial charge in [0.05, 0.1) is 12.5 Å². The minimum Gasteiger partial charge on any atom is -0.465 e. The summed E-state index contributed by atoms with van der Waals surface area (Å²) < 4.78 is 22.4. The average molecular weight is 358 g/mol. The third-order valence-electron chi connectivity index (χ3n) is 4.23. The average Bonchev–Trinajstić information content (AvgIpc) is 2.57. The quantitative estimate of drug-likeness (QED) is 0.782. The van der Waals surface area contributed by atoms with Crippen molar-refractivity contribution < 1.29 is 28.5 Å². The normalized spacial score (nSPS) is 25.5. The van der Waals surface area contributed by atoms with Crippen molar-refractivity contribution >= 4 is 22.7 Å². The number of hydrogen-bond donors (Lipinski definition) is 0. The summed E-state index contributed by atoms with van der Waals surface area (Å²) >= 11 is 0. The lowest BCUT2D eigenvalue weighted by atomic mass is 10.0. The van der Waals surface area contributed by atoms with E-state index in [-0.39, 0.29) is 6.42 Å². The Labute approximate surface area is 152 Å². The maximum Gasteiger partial charge on any atom is 0.303 e. The molecule has 0 aliphatic carbocycles. The van der Waals surface area contributed by atoms with E-state index in [1.54, 1.807) is 6.92 Å². The number of rotatable bonds is 4. The summed E-state index contributed by atoms with van der Waals surface area (Å²) in [6.07, 6.45) is -2.09. The van der Waals surface area contributed by atoms with Crippen LogP contribution in [0.1, 0.15) is 27.2 Å². The highest BCUT2D eigenvalue weighted by atomic mass is 16.7. The maximum absolute atomic E-state index is 11.4. The molecule has 26 heavy (non-hydrogen) atoms. The van der Waals surface area contributed by atoms with Gasteiger partial charge in [-0.2, -0.15) is 0 Å². The van der Waals surface area contributed by atoms with Gasteiger partial charge in [0.1, 0.15) is 11.9 Å². The van der Waals surface area contributed by atoms with E-state index in [1.165, 1.54) is 13.8 Å². The third kappa shape index (κ3) is 4.32. The van der Waals surface area contributed by atoms with Gasteiger partial charge in [0, 0.05) is 13.8 Å². The molecule has 1 heterocycles. The topological polar surface area (TPSA) is 71.1 Å². The summed E-state index contributed by atoms with van der Waals surface area (Å²) in [6.45, 7) is 4.40. The predicted octanol–water partition coefficient (Wildman–Crippen LogP) is 3.22. The number of benzene rings is 2. The van der Waals surface area contributed by atoms with Crippen molar-refractivity contribution in [2.45, 2.75) is 51.8 Å². The molecule has 1 fully saturated rings. The van der Waals surface area contributed by atoms with Crippen molar-refractivity contribution in [1.29, 1.82) is 0 Å². The molecular formula is C20H22O6. The van der Waals surface area contributed by atoms with E-state index in [9.17, 15) is 9.59 Å². The molecule has 0 amide bonds. The lowest BCUT2D eigenvalue weighted by molar-refractivity contribution is -0.233. The van der Waals surface area contributed by atoms with Gasteiger partial charge in [-0.15, -0.1) is 0 Å². The van der Waals surface area contributed by atoms with Crippen LogP contribution in [0.4, 0.5) is 0 Å². The van der Waals surface area contributed by atoms with Crippen LogP contribution in [0.25, 0.3) is 10.8 Å². The molecule has 6 nitrogen and oxygen atoms in total. The number of ether oxygens (including phenoxy) is 4. The highest BCUT2D eigenvalue weighted by Crippen LogP contribution is 2.29. The summed E-state index contributed by atoms with van der Waals surface area (Å²) in [4.78, 5) is 22.8. The fraction of sp³-hybridized carbons (Fsp3) is 0.400. The highest BCUT2D eigenvalue weighted by molar-refractivity contribution is 5.83. The molecule has 0 unspecified atom stereocenters. The smallest absolute Gasteiger partial charge is 0.303 e. The second kappa shape index (κ2) is 7.74. The Morgan fingerprint density at radius 1 is 1.00 bits per heavy atom. The molecule has 0 spiro atoms. The zero-order chi connectivity index (χ0) is 18.7. The number of carbonyl (C=O) groups is 2. The van der Waals surface area contributed by atoms with Gasteiger partial charge in [0.25, 0.3) is 0 Å². The molecule has 1 aliphatic rings. The van der Waals surface area contributed by atoms with E-state index in [4.69, 9.17) is 18.9 Å². The van der Waals surface area contributed by atoms with Gasteiger partial charge in [-0.3, -0.25) is 9.59 Å². The molecule has 138 valence electrons. The van der Waals surface area contributed by atoms with E-state index in [1.807, 2.05) is 42.5 Å². The van der Waals surface area contributed by atoms with E-state index in [0.717, 1.165) is 10.8 Å². The number of fused-ring (bicyclic) bond motifs is 1. The van der Waals surface area contributed by atoms with E-state index in [2.05, 4.69) is 0 Å². The Bertz CT molecular complexity index is 802. The summed E-state index contributed by atoms with van der Waals surface area (Å²) in [5.41, 5.74) is 0. The van der Waals surface area contributed by atoms with E-state index < -0.39 is 36.5 Å². The fourth-order valence-corrected chi connectivity index (χ4v) is 3.16. The van der Waals surface area contributed by atoms with Crippen molar-refractivity contribution in [3.63, 3.8) is 0 Å². The Morgan fingerprint density at radius 3 is 2.38 bits per heavy atom. The maximum atomic E-state index is 11.4. The van der Waals surface area contributed by atoms with Crippen LogP contribution in [-0.2, 0) is 23.8 Å². The van der Waals surface area contributed by atoms with Gasteiger partial charge in [0.2, 0.25) is 6.29 Å². The first-order valence-electron chi connectivity index (χ1n) is 8.58. The molecule has 3 rings (SSSR count). The zero-order valence-electron chi connectivity index (χ0n) is 15.0. The molecule has 0 saturated carbocycles. The molecule has 4 atom stereocenters. The minimum absolute atomic E-state index is 0.273. The molecule has 1 saturated heterocycles. The SMILES string of the molecule is CC(=O)O[C@@H]1[C@@H](C)O[C@@H](Oc2ccc3ccccc3c2)C[C@H]1OC(C)=O. The molecule has 0 aromatic heterocycles. The number of hydrogen-bond acceptors (Lipinski definition) is 6. The van der Waals surface area contributed by atoms with Crippen molar-refractivity contribution in [2.75, 3.05) is 0 Å². The summed E-state index contributed by atoms with van der Waals surface area (Å²) in [6, 6.07) is 13.8. The van der Waals surface area contributed by atoms with Crippen LogP contribution in [0.2, 0.25) is 0 Å². The fourth-order valence-electron chi connectivity index (χ4n) is 3.16. The van der Waals surface area contributed by atoms with Gasteiger partial charge >= 0.3 is 11.9 Å². The van der Waals surface area contributed by atoms with Gasteiger partial charge in [-0.05, 0) is 29.8 Å². The Morgan fingerprint density at radius 2 is 1.69 bits per heavy atom. The third-order valence-corrected chi connectivity index (χ3v) is 4.23. The largest absolute Gasteiger partial charge is 0.465 e. The van der Waals surface area contributed by atoms with E-state index in [0.29, 0.717) is 5.75 Å². The monoisotopic (exact) mass is 358 g/mol. The lowest BCUT2D eigenvalue weighted by Crippen LogP contribution is -2.52. The molecule has 0 N–H and O–H groups in total. The molecule has 2 aromatic rings. The molecule has 0 radical (unpaired) electrons. The van der Waals surface area contributed by atoms with Gasteiger partial charge in [0.15, 0.2) is 6.10 Å². The Hall–Kier alpha value is -2.60. The van der Waals surface area contributed by atoms with Crippen LogP contribution in [0, 0.1) is 0 Å². The molecule has 1 aliphatic heterocycles. The zero-order valence-corrected chi connectivity index (χ0v) is 15.0. The summed E-state index contributed by atoms with van der Waals surface area (Å²) in [5, 5.41) is 2.17. The van der Waals surface area contributed by atoms with Crippen LogP contribution in [-0.4, -0.2) is 36.5 Å². The van der Waals surface area contributed by atoms with Crippen LogP contribution < -0.4 is 4.74 Å². The summed E-state index contributed by atoms with van der Waals surface area (Å²) in [5.74, 6) is -0.226. The van der Waals surface area contributed by atoms with Crippen LogP contribution in [0.5, 0.6) is 5.75 Å². The first-order chi connectivity index (χ1) is 12.4. The second-order valence-electron chi connectivity index (χ2n) is 6.36. The van der Waals surface area contributed by atoms with Crippen molar-refractivity contribution in [1.82, 2.24) is 0 Å². The summed E-state index contributed by atoms with van der Waals surface area (Å²) in [7, 11) is 0. The molecule has 2 aromatic carbocycles. The Balaban J connectivity index is 1.75. The molecular weight excluding hydrogens is 336 g/mol.